The molecule has 0 atom stereocenters. The highest BCUT2D eigenvalue weighted by Gasteiger charge is 2.23. The van der Waals surface area contributed by atoms with Crippen LogP contribution in [0.3, 0.4) is 0 Å². The van der Waals surface area contributed by atoms with Crippen molar-refractivity contribution < 1.29 is 32.0 Å². The van der Waals surface area contributed by atoms with Crippen LogP contribution >= 0.6 is 0 Å². The van der Waals surface area contributed by atoms with Gasteiger partial charge in [0.25, 0.3) is 10.1 Å². The molecule has 0 aliphatic carbocycles. The molecule has 8 heteroatoms. The molecule has 0 bridgehead atoms. The van der Waals surface area contributed by atoms with E-state index in [2.05, 4.69) is 13.8 Å². The number of esters is 2. The first-order valence-electron chi connectivity index (χ1n) is 19.1. The first kappa shape index (κ1) is 43.6. The maximum Gasteiger partial charge on any atom is 0.339 e. The molecule has 0 spiro atoms. The van der Waals surface area contributed by atoms with Crippen LogP contribution in [0, 0.1) is 0 Å². The number of rotatable bonds is 31. The van der Waals surface area contributed by atoms with Gasteiger partial charge in [-0.3, -0.25) is 4.55 Å². The number of ether oxygens (including phenoxy) is 2. The number of carbonyl (C=O) groups is 2. The van der Waals surface area contributed by atoms with Crippen LogP contribution in [-0.2, 0) is 19.6 Å². The third-order valence-electron chi connectivity index (χ3n) is 8.63. The number of allylic oxidation sites excluding steroid dienone is 2. The molecule has 0 aromatic heterocycles. The van der Waals surface area contributed by atoms with Crippen LogP contribution in [0.1, 0.15) is 189 Å². The van der Waals surface area contributed by atoms with Crippen LogP contribution < -0.4 is 0 Å². The summed E-state index contributed by atoms with van der Waals surface area (Å²) in [6.45, 7) is 4.51. The fourth-order valence-corrected chi connectivity index (χ4v) is 6.17. The van der Waals surface area contributed by atoms with Crippen molar-refractivity contribution in [3.63, 3.8) is 0 Å². The van der Waals surface area contributed by atoms with Gasteiger partial charge in [0.2, 0.25) is 0 Å². The molecule has 0 unspecified atom stereocenters. The Labute approximate surface area is 293 Å². The summed E-state index contributed by atoms with van der Waals surface area (Å²) in [7, 11) is -4.58. The predicted molar refractivity (Wildman–Crippen MR) is 197 cm³/mol. The number of hydrogen-bond donors (Lipinski definition) is 1. The minimum absolute atomic E-state index is 0.0107. The van der Waals surface area contributed by atoms with Gasteiger partial charge < -0.3 is 9.47 Å². The first-order chi connectivity index (χ1) is 23.3. The molecule has 1 aromatic rings. The summed E-state index contributed by atoms with van der Waals surface area (Å²) >= 11 is 0. The number of unbranched alkanes of at least 4 members (excludes halogenated alkanes) is 22. The fraction of sp³-hybridized carbons (Fsp3) is 0.700. The third kappa shape index (κ3) is 23.0. The summed E-state index contributed by atoms with van der Waals surface area (Å²) < 4.78 is 43.5. The monoisotopic (exact) mass is 690 g/mol. The average molecular weight is 691 g/mol. The van der Waals surface area contributed by atoms with Gasteiger partial charge >= 0.3 is 11.9 Å². The van der Waals surface area contributed by atoms with Crippen molar-refractivity contribution in [1.82, 2.24) is 0 Å². The molecule has 1 rings (SSSR count). The summed E-state index contributed by atoms with van der Waals surface area (Å²) in [5.41, 5.74) is -0.380. The zero-order valence-corrected chi connectivity index (χ0v) is 31.0. The Morgan fingerprint density at radius 1 is 0.542 bits per heavy atom. The molecule has 0 fully saturated rings. The first-order valence-corrected chi connectivity index (χ1v) is 20.5. The van der Waals surface area contributed by atoms with E-state index in [1.807, 2.05) is 12.2 Å². The fourth-order valence-electron chi connectivity index (χ4n) is 5.66. The van der Waals surface area contributed by atoms with Crippen molar-refractivity contribution >= 4 is 22.1 Å². The Morgan fingerprint density at radius 3 is 1.27 bits per heavy atom. The Hall–Kier alpha value is -2.45. The number of benzene rings is 1. The molecule has 1 N–H and O–H groups in total. The molecule has 0 aliphatic rings. The minimum atomic E-state index is -4.58. The number of carbonyl (C=O) groups excluding carboxylic acids is 2. The van der Waals surface area contributed by atoms with E-state index in [1.165, 1.54) is 134 Å². The van der Waals surface area contributed by atoms with Crippen LogP contribution in [0.15, 0.2) is 47.4 Å². The summed E-state index contributed by atoms with van der Waals surface area (Å²) in [6.07, 6.45) is 37.5. The molecule has 0 radical (unpaired) electrons. The van der Waals surface area contributed by atoms with Gasteiger partial charge in [-0.25, -0.2) is 9.59 Å². The lowest BCUT2D eigenvalue weighted by Crippen LogP contribution is -2.15. The van der Waals surface area contributed by atoms with Gasteiger partial charge in [-0.2, -0.15) is 8.42 Å². The lowest BCUT2D eigenvalue weighted by atomic mass is 10.1. The molecule has 7 nitrogen and oxygen atoms in total. The maximum atomic E-state index is 12.8. The molecule has 1 aromatic carbocycles. The van der Waals surface area contributed by atoms with E-state index in [-0.39, 0.29) is 24.3 Å². The topological polar surface area (TPSA) is 107 Å². The molecule has 0 saturated carbocycles. The highest BCUT2D eigenvalue weighted by atomic mass is 32.2. The van der Waals surface area contributed by atoms with Gasteiger partial charge in [0, 0.05) is 0 Å². The average Bonchev–Trinajstić information content (AvgIpc) is 3.07. The van der Waals surface area contributed by atoms with Crippen molar-refractivity contribution in [3.05, 3.63) is 53.6 Å². The lowest BCUT2D eigenvalue weighted by Gasteiger charge is -2.10. The maximum absolute atomic E-state index is 12.8. The van der Waals surface area contributed by atoms with E-state index in [0.717, 1.165) is 37.8 Å². The zero-order valence-electron chi connectivity index (χ0n) is 30.2. The van der Waals surface area contributed by atoms with Crippen molar-refractivity contribution in [1.29, 1.82) is 0 Å². The van der Waals surface area contributed by atoms with E-state index >= 15 is 0 Å². The summed E-state index contributed by atoms with van der Waals surface area (Å²) in [4.78, 5) is 25.1. The molecule has 0 heterocycles. The Kier molecular flexibility index (Phi) is 26.7. The van der Waals surface area contributed by atoms with E-state index in [1.54, 1.807) is 12.2 Å². The Bertz CT molecular complexity index is 1140. The smallest absolute Gasteiger partial charge is 0.339 e. The molecule has 0 saturated heterocycles. The van der Waals surface area contributed by atoms with Crippen molar-refractivity contribution in [2.75, 3.05) is 13.2 Å². The minimum Gasteiger partial charge on any atom is -0.458 e. The van der Waals surface area contributed by atoms with Gasteiger partial charge in [0.15, 0.2) is 0 Å². The highest BCUT2D eigenvalue weighted by Crippen LogP contribution is 2.19. The number of hydrogen-bond acceptors (Lipinski definition) is 6. The van der Waals surface area contributed by atoms with Crippen molar-refractivity contribution in [2.24, 2.45) is 0 Å². The van der Waals surface area contributed by atoms with Crippen LogP contribution in [-0.4, -0.2) is 38.1 Å². The van der Waals surface area contributed by atoms with E-state index in [9.17, 15) is 22.6 Å². The van der Waals surface area contributed by atoms with Crippen LogP contribution in [0.25, 0.3) is 0 Å². The molecule has 0 aliphatic heterocycles. The molecule has 0 amide bonds. The predicted octanol–water partition coefficient (Wildman–Crippen LogP) is 11.8. The van der Waals surface area contributed by atoms with Crippen molar-refractivity contribution in [2.45, 2.75) is 173 Å². The van der Waals surface area contributed by atoms with E-state index < -0.39 is 27.0 Å². The van der Waals surface area contributed by atoms with E-state index in [4.69, 9.17) is 9.47 Å². The van der Waals surface area contributed by atoms with Crippen LogP contribution in [0.2, 0.25) is 0 Å². The normalized spacial score (nSPS) is 11.9. The second-order valence-electron chi connectivity index (χ2n) is 13.0. The standard InChI is InChI=1S/C40H66O7S/c1-3-5-7-9-11-13-15-17-19-21-23-25-27-29-33-46-39(41)37-32-31-36(48(43,44)45)35-38(37)40(42)47-34-30-28-26-24-22-20-18-16-14-12-10-8-6-4-2/h27-32,35H,3-26,33-34H2,1-2H3,(H,43,44,45)/b29-27+,30-28+. The van der Waals surface area contributed by atoms with E-state index in [0.29, 0.717) is 0 Å². The van der Waals surface area contributed by atoms with Gasteiger partial charge in [0.1, 0.15) is 13.2 Å². The second kappa shape index (κ2) is 29.5. The Balaban J connectivity index is 2.37. The van der Waals surface area contributed by atoms with Gasteiger partial charge in [-0.1, -0.05) is 167 Å². The SMILES string of the molecule is CCCCCCCCCCCCC/C=C/COC(=O)c1ccc(S(=O)(=O)O)cc1C(=O)OC/C=C/CCCCCCCCCCCCC. The second-order valence-corrected chi connectivity index (χ2v) is 14.4. The quantitative estimate of drug-likeness (QED) is 0.0357. The summed E-state index contributed by atoms with van der Waals surface area (Å²) in [5, 5.41) is 0. The summed E-state index contributed by atoms with van der Waals surface area (Å²) in [5.74, 6) is -1.63. The molecular weight excluding hydrogens is 624 g/mol. The van der Waals surface area contributed by atoms with Crippen LogP contribution in [0.5, 0.6) is 0 Å². The molecular formula is C40H66O7S. The largest absolute Gasteiger partial charge is 0.458 e. The third-order valence-corrected chi connectivity index (χ3v) is 9.48. The zero-order chi connectivity index (χ0) is 35.1. The summed E-state index contributed by atoms with van der Waals surface area (Å²) in [6, 6.07) is 3.18. The van der Waals surface area contributed by atoms with Gasteiger partial charge in [0.05, 0.1) is 16.0 Å². The van der Waals surface area contributed by atoms with Crippen molar-refractivity contribution in [3.8, 4) is 0 Å². The Morgan fingerprint density at radius 2 is 0.896 bits per heavy atom. The van der Waals surface area contributed by atoms with Gasteiger partial charge in [-0.05, 0) is 43.9 Å². The lowest BCUT2D eigenvalue weighted by molar-refractivity contribution is 0.0502. The van der Waals surface area contributed by atoms with Gasteiger partial charge in [-0.15, -0.1) is 0 Å². The van der Waals surface area contributed by atoms with Crippen LogP contribution in [0.4, 0.5) is 0 Å². The molecule has 274 valence electrons. The highest BCUT2D eigenvalue weighted by molar-refractivity contribution is 7.85. The molecule has 48 heavy (non-hydrogen) atoms.